The fraction of sp³-hybridized carbons (Fsp3) is 0.500. The van der Waals surface area contributed by atoms with Crippen molar-refractivity contribution in [1.29, 1.82) is 0 Å². The average molecular weight is 232 g/mol. The van der Waals surface area contributed by atoms with E-state index < -0.39 is 0 Å². The molecule has 1 amide bonds. The smallest absolute Gasteiger partial charge is 0.240 e. The molecule has 0 aliphatic carbocycles. The summed E-state index contributed by atoms with van der Waals surface area (Å²) in [5, 5.41) is 3.17. The zero-order chi connectivity index (χ0) is 12.1. The minimum absolute atomic E-state index is 0.186. The van der Waals surface area contributed by atoms with Crippen LogP contribution in [0.5, 0.6) is 0 Å². The van der Waals surface area contributed by atoms with Crippen molar-refractivity contribution in [2.75, 3.05) is 24.5 Å². The Labute approximate surface area is 103 Å². The number of fused-ring (bicyclic) bond motifs is 1. The second-order valence-corrected chi connectivity index (χ2v) is 4.45. The number of rotatable bonds is 4. The summed E-state index contributed by atoms with van der Waals surface area (Å²) in [5.74, 6) is 0.186. The molecule has 92 valence electrons. The molecule has 0 bridgehead atoms. The topological polar surface area (TPSA) is 32.3 Å². The standard InChI is InChI=1S/C14H20N2O/c1-2-9-15-11-14(17)16-10-5-7-12-6-3-4-8-13(12)16/h3-4,6,8,15H,2,5,7,9-11H2,1H3. The van der Waals surface area contributed by atoms with Gasteiger partial charge in [-0.1, -0.05) is 25.1 Å². The van der Waals surface area contributed by atoms with Crippen LogP contribution in [0.4, 0.5) is 5.69 Å². The Balaban J connectivity index is 2.05. The lowest BCUT2D eigenvalue weighted by Gasteiger charge is -2.29. The molecule has 0 saturated heterocycles. The van der Waals surface area contributed by atoms with Gasteiger partial charge >= 0.3 is 0 Å². The first-order valence-electron chi connectivity index (χ1n) is 6.42. The average Bonchev–Trinajstić information content (AvgIpc) is 2.38. The first-order chi connectivity index (χ1) is 8.33. The van der Waals surface area contributed by atoms with Gasteiger partial charge in [-0.05, 0) is 37.4 Å². The van der Waals surface area contributed by atoms with Gasteiger partial charge in [-0.2, -0.15) is 0 Å². The predicted octanol–water partition coefficient (Wildman–Crippen LogP) is 1.97. The van der Waals surface area contributed by atoms with Crippen LogP contribution >= 0.6 is 0 Å². The summed E-state index contributed by atoms with van der Waals surface area (Å²) in [6, 6.07) is 8.21. The van der Waals surface area contributed by atoms with Gasteiger partial charge in [0.1, 0.15) is 0 Å². The number of anilines is 1. The van der Waals surface area contributed by atoms with Gasteiger partial charge in [-0.15, -0.1) is 0 Å². The molecule has 1 heterocycles. The van der Waals surface area contributed by atoms with Crippen LogP contribution < -0.4 is 10.2 Å². The van der Waals surface area contributed by atoms with E-state index in [-0.39, 0.29) is 5.91 Å². The Morgan fingerprint density at radius 2 is 2.24 bits per heavy atom. The number of benzene rings is 1. The van der Waals surface area contributed by atoms with Crippen LogP contribution in [0.25, 0.3) is 0 Å². The van der Waals surface area contributed by atoms with Crippen LogP contribution in [0.3, 0.4) is 0 Å². The fourth-order valence-corrected chi connectivity index (χ4v) is 2.26. The number of para-hydroxylation sites is 1. The molecule has 1 aromatic carbocycles. The van der Waals surface area contributed by atoms with Gasteiger partial charge in [0, 0.05) is 12.2 Å². The molecule has 0 atom stereocenters. The highest BCUT2D eigenvalue weighted by atomic mass is 16.2. The third-order valence-electron chi connectivity index (χ3n) is 3.11. The monoisotopic (exact) mass is 232 g/mol. The largest absolute Gasteiger partial charge is 0.311 e. The molecule has 3 heteroatoms. The Morgan fingerprint density at radius 3 is 3.06 bits per heavy atom. The van der Waals surface area contributed by atoms with E-state index in [1.807, 2.05) is 23.1 Å². The molecule has 1 aliphatic heterocycles. The first-order valence-corrected chi connectivity index (χ1v) is 6.42. The molecular formula is C14H20N2O. The van der Waals surface area contributed by atoms with Crippen molar-refractivity contribution in [3.63, 3.8) is 0 Å². The zero-order valence-electron chi connectivity index (χ0n) is 10.4. The van der Waals surface area contributed by atoms with E-state index in [0.29, 0.717) is 6.54 Å². The Hall–Kier alpha value is -1.35. The number of hydrogen-bond acceptors (Lipinski definition) is 2. The third kappa shape index (κ3) is 2.86. The van der Waals surface area contributed by atoms with Crippen molar-refractivity contribution >= 4 is 11.6 Å². The van der Waals surface area contributed by atoms with E-state index >= 15 is 0 Å². The number of nitrogens with zero attached hydrogens (tertiary/aromatic N) is 1. The highest BCUT2D eigenvalue weighted by Crippen LogP contribution is 2.26. The SMILES string of the molecule is CCCNCC(=O)N1CCCc2ccccc21. The Bertz CT molecular complexity index is 390. The quantitative estimate of drug-likeness (QED) is 0.805. The van der Waals surface area contributed by atoms with E-state index in [1.165, 1.54) is 5.56 Å². The van der Waals surface area contributed by atoms with Gasteiger partial charge < -0.3 is 10.2 Å². The second-order valence-electron chi connectivity index (χ2n) is 4.45. The predicted molar refractivity (Wildman–Crippen MR) is 70.3 cm³/mol. The number of nitrogens with one attached hydrogen (secondary N) is 1. The summed E-state index contributed by atoms with van der Waals surface area (Å²) in [7, 11) is 0. The van der Waals surface area contributed by atoms with Crippen molar-refractivity contribution in [1.82, 2.24) is 5.32 Å². The Morgan fingerprint density at radius 1 is 1.41 bits per heavy atom. The van der Waals surface area contributed by atoms with Crippen LogP contribution in [-0.4, -0.2) is 25.5 Å². The van der Waals surface area contributed by atoms with E-state index in [2.05, 4.69) is 18.3 Å². The molecular weight excluding hydrogens is 212 g/mol. The minimum atomic E-state index is 0.186. The van der Waals surface area contributed by atoms with Gasteiger partial charge in [-0.3, -0.25) is 4.79 Å². The third-order valence-corrected chi connectivity index (χ3v) is 3.11. The van der Waals surface area contributed by atoms with Gasteiger partial charge in [0.05, 0.1) is 6.54 Å². The van der Waals surface area contributed by atoms with E-state index in [1.54, 1.807) is 0 Å². The molecule has 1 N–H and O–H groups in total. The molecule has 0 unspecified atom stereocenters. The molecule has 0 aromatic heterocycles. The lowest BCUT2D eigenvalue weighted by molar-refractivity contribution is -0.117. The molecule has 2 rings (SSSR count). The van der Waals surface area contributed by atoms with Gasteiger partial charge in [0.25, 0.3) is 0 Å². The molecule has 3 nitrogen and oxygen atoms in total. The molecule has 0 spiro atoms. The Kier molecular flexibility index (Phi) is 4.15. The summed E-state index contributed by atoms with van der Waals surface area (Å²) in [5.41, 5.74) is 2.39. The van der Waals surface area contributed by atoms with Gasteiger partial charge in [-0.25, -0.2) is 0 Å². The summed E-state index contributed by atoms with van der Waals surface area (Å²) in [6.07, 6.45) is 3.21. The lowest BCUT2D eigenvalue weighted by atomic mass is 10.0. The molecule has 17 heavy (non-hydrogen) atoms. The lowest BCUT2D eigenvalue weighted by Crippen LogP contribution is -2.41. The summed E-state index contributed by atoms with van der Waals surface area (Å²) < 4.78 is 0. The van der Waals surface area contributed by atoms with Crippen molar-refractivity contribution in [2.24, 2.45) is 0 Å². The van der Waals surface area contributed by atoms with Crippen LogP contribution in [0.1, 0.15) is 25.3 Å². The van der Waals surface area contributed by atoms with Crippen molar-refractivity contribution in [3.8, 4) is 0 Å². The van der Waals surface area contributed by atoms with Crippen molar-refractivity contribution < 1.29 is 4.79 Å². The van der Waals surface area contributed by atoms with Crippen LogP contribution in [0.2, 0.25) is 0 Å². The number of amides is 1. The number of aryl methyl sites for hydroxylation is 1. The normalized spacial score (nSPS) is 14.5. The van der Waals surface area contributed by atoms with E-state index in [4.69, 9.17) is 0 Å². The van der Waals surface area contributed by atoms with Crippen LogP contribution in [0.15, 0.2) is 24.3 Å². The first kappa shape index (κ1) is 12.1. The maximum atomic E-state index is 12.1. The molecule has 1 aliphatic rings. The number of carbonyl (C=O) groups excluding carboxylic acids is 1. The summed E-state index contributed by atoms with van der Waals surface area (Å²) in [6.45, 7) is 4.31. The molecule has 1 aromatic rings. The van der Waals surface area contributed by atoms with Gasteiger partial charge in [0.15, 0.2) is 0 Å². The fourth-order valence-electron chi connectivity index (χ4n) is 2.26. The summed E-state index contributed by atoms with van der Waals surface area (Å²) >= 11 is 0. The summed E-state index contributed by atoms with van der Waals surface area (Å²) in [4.78, 5) is 14.0. The van der Waals surface area contributed by atoms with E-state index in [9.17, 15) is 4.79 Å². The maximum Gasteiger partial charge on any atom is 0.240 e. The minimum Gasteiger partial charge on any atom is -0.311 e. The highest BCUT2D eigenvalue weighted by molar-refractivity contribution is 5.95. The molecule has 0 fully saturated rings. The second kappa shape index (κ2) is 5.82. The number of carbonyl (C=O) groups is 1. The maximum absolute atomic E-state index is 12.1. The van der Waals surface area contributed by atoms with E-state index in [0.717, 1.165) is 38.0 Å². The highest BCUT2D eigenvalue weighted by Gasteiger charge is 2.21. The molecule has 0 saturated carbocycles. The van der Waals surface area contributed by atoms with Crippen LogP contribution in [-0.2, 0) is 11.2 Å². The van der Waals surface area contributed by atoms with Crippen molar-refractivity contribution in [3.05, 3.63) is 29.8 Å². The molecule has 0 radical (unpaired) electrons. The van der Waals surface area contributed by atoms with Crippen molar-refractivity contribution in [2.45, 2.75) is 26.2 Å². The van der Waals surface area contributed by atoms with Crippen LogP contribution in [0, 0.1) is 0 Å². The number of hydrogen-bond donors (Lipinski definition) is 1. The van der Waals surface area contributed by atoms with Gasteiger partial charge in [0.2, 0.25) is 5.91 Å². The zero-order valence-corrected chi connectivity index (χ0v) is 10.4.